The van der Waals surface area contributed by atoms with Crippen LogP contribution in [0.3, 0.4) is 0 Å². The Balaban J connectivity index is 1.76. The van der Waals surface area contributed by atoms with E-state index in [-0.39, 0.29) is 5.56 Å². The summed E-state index contributed by atoms with van der Waals surface area (Å²) in [5.74, 6) is -0.499. The van der Waals surface area contributed by atoms with E-state index in [2.05, 4.69) is 24.1 Å². The number of carbonyl (C=O) groups is 1. The zero-order valence-electron chi connectivity index (χ0n) is 13.0. The van der Waals surface area contributed by atoms with Crippen LogP contribution in [0.25, 0.3) is 11.1 Å². The van der Waals surface area contributed by atoms with E-state index in [0.29, 0.717) is 18.5 Å². The topological polar surface area (TPSA) is 75.4 Å². The van der Waals surface area contributed by atoms with Crippen molar-refractivity contribution < 1.29 is 14.3 Å². The molecule has 0 fully saturated rings. The number of aromatic carboxylic acids is 1. The van der Waals surface area contributed by atoms with E-state index in [1.165, 1.54) is 5.56 Å². The summed E-state index contributed by atoms with van der Waals surface area (Å²) in [5.41, 5.74) is 3.89. The number of oxazole rings is 1. The van der Waals surface area contributed by atoms with Crippen LogP contribution in [-0.4, -0.2) is 16.1 Å². The second kappa shape index (κ2) is 6.12. The highest BCUT2D eigenvalue weighted by atomic mass is 16.4. The second-order valence-corrected chi connectivity index (χ2v) is 5.76. The van der Waals surface area contributed by atoms with Crippen LogP contribution in [0.5, 0.6) is 0 Å². The summed E-state index contributed by atoms with van der Waals surface area (Å²) in [6, 6.07) is 13.2. The number of nitrogens with zero attached hydrogens (tertiary/aromatic N) is 1. The SMILES string of the molecule is CC(C)c1ccc2oc(NCc3cccc(C(=O)O)c3)nc2c1. The Morgan fingerprint density at radius 1 is 1.26 bits per heavy atom. The highest BCUT2D eigenvalue weighted by molar-refractivity contribution is 5.87. The fraction of sp³-hybridized carbons (Fsp3) is 0.222. The lowest BCUT2D eigenvalue weighted by atomic mass is 10.0. The molecule has 0 spiro atoms. The Bertz CT molecular complexity index is 852. The van der Waals surface area contributed by atoms with Gasteiger partial charge in [0.05, 0.1) is 5.56 Å². The maximum atomic E-state index is 11.0. The van der Waals surface area contributed by atoms with Crippen molar-refractivity contribution in [3.63, 3.8) is 0 Å². The molecule has 5 nitrogen and oxygen atoms in total. The van der Waals surface area contributed by atoms with Crippen molar-refractivity contribution in [2.24, 2.45) is 0 Å². The van der Waals surface area contributed by atoms with Gasteiger partial charge < -0.3 is 14.8 Å². The van der Waals surface area contributed by atoms with Gasteiger partial charge in [-0.1, -0.05) is 32.0 Å². The molecule has 2 aromatic carbocycles. The number of rotatable bonds is 5. The van der Waals surface area contributed by atoms with Gasteiger partial charge in [0.15, 0.2) is 5.58 Å². The Hall–Kier alpha value is -2.82. The molecule has 5 heteroatoms. The Morgan fingerprint density at radius 2 is 2.09 bits per heavy atom. The quantitative estimate of drug-likeness (QED) is 0.736. The molecule has 0 atom stereocenters. The number of carboxylic acids is 1. The highest BCUT2D eigenvalue weighted by Gasteiger charge is 2.08. The summed E-state index contributed by atoms with van der Waals surface area (Å²) in [5, 5.41) is 12.1. The van der Waals surface area contributed by atoms with Crippen molar-refractivity contribution in [2.75, 3.05) is 5.32 Å². The molecule has 0 aliphatic carbocycles. The van der Waals surface area contributed by atoms with E-state index in [1.807, 2.05) is 24.3 Å². The molecule has 3 aromatic rings. The van der Waals surface area contributed by atoms with Crippen LogP contribution >= 0.6 is 0 Å². The summed E-state index contributed by atoms with van der Waals surface area (Å²) >= 11 is 0. The standard InChI is InChI=1S/C18H18N2O3/c1-11(2)13-6-7-16-15(9-13)20-18(23-16)19-10-12-4-3-5-14(8-12)17(21)22/h3-9,11H,10H2,1-2H3,(H,19,20)(H,21,22). The van der Waals surface area contributed by atoms with Gasteiger partial charge in [0, 0.05) is 6.54 Å². The van der Waals surface area contributed by atoms with E-state index < -0.39 is 5.97 Å². The molecular formula is C18H18N2O3. The molecule has 0 bridgehead atoms. The van der Waals surface area contributed by atoms with E-state index in [4.69, 9.17) is 9.52 Å². The van der Waals surface area contributed by atoms with E-state index in [0.717, 1.165) is 16.7 Å². The van der Waals surface area contributed by atoms with Crippen LogP contribution in [-0.2, 0) is 6.54 Å². The van der Waals surface area contributed by atoms with Crippen LogP contribution in [0.15, 0.2) is 46.9 Å². The third-order valence-electron chi connectivity index (χ3n) is 3.70. The van der Waals surface area contributed by atoms with Crippen molar-refractivity contribution in [3.05, 3.63) is 59.2 Å². The third kappa shape index (κ3) is 3.34. The third-order valence-corrected chi connectivity index (χ3v) is 3.70. The molecule has 0 aliphatic rings. The van der Waals surface area contributed by atoms with Crippen molar-refractivity contribution in [2.45, 2.75) is 26.3 Å². The number of hydrogen-bond acceptors (Lipinski definition) is 4. The Morgan fingerprint density at radius 3 is 2.83 bits per heavy atom. The maximum Gasteiger partial charge on any atom is 0.335 e. The summed E-state index contributed by atoms with van der Waals surface area (Å²) in [4.78, 5) is 15.4. The van der Waals surface area contributed by atoms with Crippen molar-refractivity contribution in [1.82, 2.24) is 4.98 Å². The predicted octanol–water partition coefficient (Wildman–Crippen LogP) is 4.26. The number of nitrogens with one attached hydrogen (secondary N) is 1. The van der Waals surface area contributed by atoms with Crippen LogP contribution in [0.1, 0.15) is 41.3 Å². The first kappa shape index (κ1) is 15.1. The highest BCUT2D eigenvalue weighted by Crippen LogP contribution is 2.24. The molecule has 0 aliphatic heterocycles. The molecule has 0 unspecified atom stereocenters. The van der Waals surface area contributed by atoms with Gasteiger partial charge in [-0.15, -0.1) is 0 Å². The minimum atomic E-state index is -0.935. The van der Waals surface area contributed by atoms with Gasteiger partial charge in [-0.2, -0.15) is 4.98 Å². The lowest BCUT2D eigenvalue weighted by Gasteiger charge is -2.03. The summed E-state index contributed by atoms with van der Waals surface area (Å²) in [6.07, 6.45) is 0. The molecule has 1 aromatic heterocycles. The molecule has 3 rings (SSSR count). The molecule has 0 saturated carbocycles. The molecule has 1 heterocycles. The maximum absolute atomic E-state index is 11.0. The van der Waals surface area contributed by atoms with Gasteiger partial charge in [0.1, 0.15) is 5.52 Å². The zero-order valence-corrected chi connectivity index (χ0v) is 13.0. The number of hydrogen-bond donors (Lipinski definition) is 2. The second-order valence-electron chi connectivity index (χ2n) is 5.76. The first-order valence-electron chi connectivity index (χ1n) is 7.49. The smallest absolute Gasteiger partial charge is 0.335 e. The number of anilines is 1. The molecule has 23 heavy (non-hydrogen) atoms. The van der Waals surface area contributed by atoms with Crippen LogP contribution in [0.2, 0.25) is 0 Å². The monoisotopic (exact) mass is 310 g/mol. The first-order valence-corrected chi connectivity index (χ1v) is 7.49. The number of fused-ring (bicyclic) bond motifs is 1. The van der Waals surface area contributed by atoms with Crippen LogP contribution in [0, 0.1) is 0 Å². The van der Waals surface area contributed by atoms with E-state index >= 15 is 0 Å². The van der Waals surface area contributed by atoms with Crippen molar-refractivity contribution in [1.29, 1.82) is 0 Å². The van der Waals surface area contributed by atoms with E-state index in [1.54, 1.807) is 18.2 Å². The average Bonchev–Trinajstić information content (AvgIpc) is 2.95. The van der Waals surface area contributed by atoms with Crippen molar-refractivity contribution in [3.8, 4) is 0 Å². The zero-order chi connectivity index (χ0) is 16.4. The number of benzene rings is 2. The Kier molecular flexibility index (Phi) is 4.02. The van der Waals surface area contributed by atoms with Gasteiger partial charge in [0.25, 0.3) is 6.01 Å². The molecule has 0 saturated heterocycles. The minimum absolute atomic E-state index is 0.267. The van der Waals surface area contributed by atoms with Gasteiger partial charge >= 0.3 is 5.97 Å². The van der Waals surface area contributed by atoms with Gasteiger partial charge in [-0.25, -0.2) is 4.79 Å². The lowest BCUT2D eigenvalue weighted by Crippen LogP contribution is -2.02. The van der Waals surface area contributed by atoms with Gasteiger partial charge in [-0.05, 0) is 41.3 Å². The average molecular weight is 310 g/mol. The fourth-order valence-corrected chi connectivity index (χ4v) is 2.37. The summed E-state index contributed by atoms with van der Waals surface area (Å²) < 4.78 is 5.66. The molecule has 118 valence electrons. The lowest BCUT2D eigenvalue weighted by molar-refractivity contribution is 0.0697. The molecule has 2 N–H and O–H groups in total. The Labute approximate surface area is 134 Å². The number of aromatic nitrogens is 1. The van der Waals surface area contributed by atoms with Crippen molar-refractivity contribution >= 4 is 23.1 Å². The normalized spacial score (nSPS) is 11.1. The molecular weight excluding hydrogens is 292 g/mol. The summed E-state index contributed by atoms with van der Waals surface area (Å²) in [6.45, 7) is 4.72. The van der Waals surface area contributed by atoms with Crippen LogP contribution < -0.4 is 5.32 Å². The predicted molar refractivity (Wildman–Crippen MR) is 88.8 cm³/mol. The number of carboxylic acid groups (broad SMARTS) is 1. The van der Waals surface area contributed by atoms with Gasteiger partial charge in [-0.3, -0.25) is 0 Å². The largest absolute Gasteiger partial charge is 0.478 e. The fourth-order valence-electron chi connectivity index (χ4n) is 2.37. The summed E-state index contributed by atoms with van der Waals surface area (Å²) in [7, 11) is 0. The van der Waals surface area contributed by atoms with Crippen LogP contribution in [0.4, 0.5) is 6.01 Å². The molecule has 0 radical (unpaired) electrons. The first-order chi connectivity index (χ1) is 11.0. The minimum Gasteiger partial charge on any atom is -0.478 e. The van der Waals surface area contributed by atoms with E-state index in [9.17, 15) is 4.79 Å². The van der Waals surface area contributed by atoms with Gasteiger partial charge in [0.2, 0.25) is 0 Å². The molecule has 0 amide bonds.